The molecule has 2 fully saturated rings. The van der Waals surface area contributed by atoms with Crippen molar-refractivity contribution in [1.29, 1.82) is 0 Å². The van der Waals surface area contributed by atoms with Gasteiger partial charge in [-0.1, -0.05) is 36.6 Å². The largest absolute Gasteiger partial charge is 0.488 e. The fourth-order valence-corrected chi connectivity index (χ4v) is 6.06. The van der Waals surface area contributed by atoms with E-state index in [9.17, 15) is 0 Å². The first-order chi connectivity index (χ1) is 19.6. The second kappa shape index (κ2) is 10.6. The summed E-state index contributed by atoms with van der Waals surface area (Å²) in [6, 6.07) is 12.2. The van der Waals surface area contributed by atoms with Crippen LogP contribution >= 0.6 is 11.6 Å². The second-order valence-corrected chi connectivity index (χ2v) is 11.0. The van der Waals surface area contributed by atoms with Crippen LogP contribution in [0, 0.1) is 0 Å². The number of benzene rings is 2. The quantitative estimate of drug-likeness (QED) is 0.229. The molecule has 3 N–H and O–H groups in total. The summed E-state index contributed by atoms with van der Waals surface area (Å²) in [7, 11) is 0. The summed E-state index contributed by atoms with van der Waals surface area (Å²) in [6.07, 6.45) is 8.63. The Labute approximate surface area is 236 Å². The van der Waals surface area contributed by atoms with Crippen molar-refractivity contribution in [2.75, 3.05) is 37.3 Å². The van der Waals surface area contributed by atoms with E-state index in [0.717, 1.165) is 60.5 Å². The molecule has 0 spiro atoms. The van der Waals surface area contributed by atoms with Crippen LogP contribution in [0.2, 0.25) is 5.02 Å². The summed E-state index contributed by atoms with van der Waals surface area (Å²) >= 11 is 6.35. The van der Waals surface area contributed by atoms with Crippen LogP contribution in [0.1, 0.15) is 44.6 Å². The highest BCUT2D eigenvalue weighted by molar-refractivity contribution is 6.31. The van der Waals surface area contributed by atoms with Crippen molar-refractivity contribution in [3.63, 3.8) is 0 Å². The molecule has 2 aliphatic rings. The van der Waals surface area contributed by atoms with Gasteiger partial charge < -0.3 is 20.2 Å². The van der Waals surface area contributed by atoms with Crippen LogP contribution in [0.15, 0.2) is 47.1 Å². The minimum Gasteiger partial charge on any atom is -0.488 e. The van der Waals surface area contributed by atoms with E-state index in [1.807, 2.05) is 28.9 Å². The van der Waals surface area contributed by atoms with Crippen LogP contribution in [-0.4, -0.2) is 55.9 Å². The summed E-state index contributed by atoms with van der Waals surface area (Å²) in [5.41, 5.74) is 10.9. The minimum atomic E-state index is 0.341. The van der Waals surface area contributed by atoms with Crippen LogP contribution in [0.5, 0.6) is 5.75 Å². The number of hydrogen-bond donors (Lipinski definition) is 2. The molecule has 11 heteroatoms. The van der Waals surface area contributed by atoms with Crippen LogP contribution in [0.4, 0.5) is 17.5 Å². The van der Waals surface area contributed by atoms with Crippen molar-refractivity contribution in [2.45, 2.75) is 44.6 Å². The lowest BCUT2D eigenvalue weighted by atomic mass is 10.1. The number of nitrogens with one attached hydrogen (secondary N) is 1. The number of nitrogens with two attached hydrogens (primary N) is 1. The van der Waals surface area contributed by atoms with E-state index in [1.54, 1.807) is 12.1 Å². The first kappa shape index (κ1) is 25.1. The lowest BCUT2D eigenvalue weighted by Gasteiger charge is -2.14. The maximum absolute atomic E-state index is 6.35. The van der Waals surface area contributed by atoms with Gasteiger partial charge in [0.2, 0.25) is 0 Å². The van der Waals surface area contributed by atoms with E-state index in [1.165, 1.54) is 32.0 Å². The number of oxazole rings is 1. The molecular weight excluding hydrogens is 528 g/mol. The lowest BCUT2D eigenvalue weighted by molar-refractivity contribution is 0.238. The Morgan fingerprint density at radius 3 is 2.65 bits per heavy atom. The molecule has 0 radical (unpaired) electrons. The zero-order chi connectivity index (χ0) is 27.1. The molecule has 40 heavy (non-hydrogen) atoms. The van der Waals surface area contributed by atoms with Crippen molar-refractivity contribution in [1.82, 2.24) is 29.6 Å². The van der Waals surface area contributed by atoms with Gasteiger partial charge >= 0.3 is 0 Å². The Kier molecular flexibility index (Phi) is 6.65. The van der Waals surface area contributed by atoms with Gasteiger partial charge in [-0.2, -0.15) is 10.1 Å². The molecule has 7 rings (SSSR count). The summed E-state index contributed by atoms with van der Waals surface area (Å²) < 4.78 is 14.2. The summed E-state index contributed by atoms with van der Waals surface area (Å²) in [5, 5.41) is 9.57. The molecule has 3 aromatic heterocycles. The van der Waals surface area contributed by atoms with Gasteiger partial charge in [0, 0.05) is 28.9 Å². The van der Waals surface area contributed by atoms with Crippen molar-refractivity contribution in [3.05, 3.63) is 47.7 Å². The highest BCUT2D eigenvalue weighted by Crippen LogP contribution is 2.37. The van der Waals surface area contributed by atoms with Gasteiger partial charge in [0.25, 0.3) is 6.01 Å². The smallest absolute Gasteiger partial charge is 0.300 e. The fourth-order valence-electron chi connectivity index (χ4n) is 5.86. The zero-order valence-electron chi connectivity index (χ0n) is 22.1. The normalized spacial score (nSPS) is 16.4. The molecule has 1 aliphatic heterocycles. The molecular formula is C29H31ClN8O2. The summed E-state index contributed by atoms with van der Waals surface area (Å²) in [6.45, 7) is 3.71. The van der Waals surface area contributed by atoms with Crippen molar-refractivity contribution in [2.24, 2.45) is 0 Å². The Hall–Kier alpha value is -3.89. The maximum atomic E-state index is 6.35. The average Bonchev–Trinajstić information content (AvgIpc) is 3.76. The predicted molar refractivity (Wildman–Crippen MR) is 156 cm³/mol. The SMILES string of the molecule is Nc1ncnc2c1c(-c1ccc(Nc3nc4cc(Cl)cc(OCCN5CCCC5)c4o3)cc1)nn2C1CCCC1. The molecule has 2 aromatic carbocycles. The topological polar surface area (TPSA) is 120 Å². The van der Waals surface area contributed by atoms with Crippen molar-refractivity contribution in [3.8, 4) is 17.0 Å². The fraction of sp³-hybridized carbons (Fsp3) is 0.379. The Morgan fingerprint density at radius 1 is 1.05 bits per heavy atom. The van der Waals surface area contributed by atoms with E-state index in [-0.39, 0.29) is 0 Å². The zero-order valence-corrected chi connectivity index (χ0v) is 22.9. The molecule has 0 bridgehead atoms. The second-order valence-electron chi connectivity index (χ2n) is 10.6. The Bertz CT molecular complexity index is 1650. The summed E-state index contributed by atoms with van der Waals surface area (Å²) in [4.78, 5) is 15.8. The third-order valence-electron chi connectivity index (χ3n) is 7.88. The van der Waals surface area contributed by atoms with Gasteiger partial charge in [0.05, 0.1) is 11.4 Å². The van der Waals surface area contributed by atoms with Crippen molar-refractivity contribution >= 4 is 51.3 Å². The third-order valence-corrected chi connectivity index (χ3v) is 8.10. The number of likely N-dealkylation sites (tertiary alicyclic amines) is 1. The molecule has 0 atom stereocenters. The number of nitrogen functional groups attached to an aromatic ring is 1. The number of fused-ring (bicyclic) bond motifs is 2. The maximum Gasteiger partial charge on any atom is 0.300 e. The Balaban J connectivity index is 1.12. The molecule has 0 unspecified atom stereocenters. The van der Waals surface area contributed by atoms with E-state index in [0.29, 0.717) is 46.4 Å². The number of anilines is 3. The first-order valence-corrected chi connectivity index (χ1v) is 14.3. The van der Waals surface area contributed by atoms with Crippen LogP contribution < -0.4 is 15.8 Å². The molecule has 10 nitrogen and oxygen atoms in total. The van der Waals surface area contributed by atoms with Crippen LogP contribution in [0.3, 0.4) is 0 Å². The standard InChI is InChI=1S/C29H31ClN8O2/c30-19-15-22-26(23(16-19)39-14-13-37-11-3-4-12-37)40-29(35-22)34-20-9-7-18(8-10-20)25-24-27(31)32-17-33-28(24)38(36-25)21-5-1-2-6-21/h7-10,15-17,21H,1-6,11-14H2,(H,34,35)(H2,31,32,33). The number of hydrogen-bond acceptors (Lipinski definition) is 9. The number of ether oxygens (including phenoxy) is 1. The third kappa shape index (κ3) is 4.82. The van der Waals surface area contributed by atoms with Gasteiger partial charge in [0.15, 0.2) is 17.0 Å². The average molecular weight is 559 g/mol. The van der Waals surface area contributed by atoms with Gasteiger partial charge in [-0.15, -0.1) is 0 Å². The van der Waals surface area contributed by atoms with Crippen LogP contribution in [-0.2, 0) is 0 Å². The van der Waals surface area contributed by atoms with Gasteiger partial charge in [-0.05, 0) is 57.0 Å². The lowest BCUT2D eigenvalue weighted by Crippen LogP contribution is -2.25. The van der Waals surface area contributed by atoms with Gasteiger partial charge in [0.1, 0.15) is 30.0 Å². The number of nitrogens with zero attached hydrogens (tertiary/aromatic N) is 6. The molecule has 206 valence electrons. The Morgan fingerprint density at radius 2 is 1.85 bits per heavy atom. The molecule has 5 aromatic rings. The monoisotopic (exact) mass is 558 g/mol. The number of rotatable bonds is 8. The van der Waals surface area contributed by atoms with E-state index in [4.69, 9.17) is 31.6 Å². The van der Waals surface area contributed by atoms with Crippen molar-refractivity contribution < 1.29 is 9.15 Å². The minimum absolute atomic E-state index is 0.341. The molecule has 1 aliphatic carbocycles. The van der Waals surface area contributed by atoms with E-state index < -0.39 is 0 Å². The van der Waals surface area contributed by atoms with E-state index >= 15 is 0 Å². The molecule has 0 amide bonds. The molecule has 1 saturated carbocycles. The highest BCUT2D eigenvalue weighted by Gasteiger charge is 2.24. The number of halogens is 1. The first-order valence-electron chi connectivity index (χ1n) is 13.9. The van der Waals surface area contributed by atoms with Gasteiger partial charge in [-0.3, -0.25) is 4.90 Å². The van der Waals surface area contributed by atoms with Gasteiger partial charge in [-0.25, -0.2) is 14.6 Å². The van der Waals surface area contributed by atoms with Crippen LogP contribution in [0.25, 0.3) is 33.4 Å². The molecule has 1 saturated heterocycles. The predicted octanol–water partition coefficient (Wildman–Crippen LogP) is 6.20. The number of aromatic nitrogens is 5. The molecule has 4 heterocycles. The highest BCUT2D eigenvalue weighted by atomic mass is 35.5. The summed E-state index contributed by atoms with van der Waals surface area (Å²) in [5.74, 6) is 1.04. The van der Waals surface area contributed by atoms with E-state index in [2.05, 4.69) is 25.2 Å².